The van der Waals surface area contributed by atoms with Crippen LogP contribution in [0.5, 0.6) is 0 Å². The number of anilines is 1. The predicted octanol–water partition coefficient (Wildman–Crippen LogP) is 1.94. The molecular weight excluding hydrogens is 294 g/mol. The van der Waals surface area contributed by atoms with Gasteiger partial charge < -0.3 is 10.4 Å². The number of nitrogens with one attached hydrogen (secondary N) is 1. The lowest BCUT2D eigenvalue weighted by Crippen LogP contribution is -2.14. The first-order valence-electron chi connectivity index (χ1n) is 6.05. The van der Waals surface area contributed by atoms with E-state index in [2.05, 4.69) is 20.3 Å². The average Bonchev–Trinajstić information content (AvgIpc) is 2.84. The molecule has 0 fully saturated rings. The smallest absolute Gasteiger partial charge is 0.322 e. The van der Waals surface area contributed by atoms with Gasteiger partial charge in [0.05, 0.1) is 6.20 Å². The highest BCUT2D eigenvalue weighted by Gasteiger charge is 2.15. The maximum Gasteiger partial charge on any atom is 0.322 e. The number of fused-ring (bicyclic) bond motifs is 1. The molecule has 0 bridgehead atoms. The predicted molar refractivity (Wildman–Crippen MR) is 77.4 cm³/mol. The Morgan fingerprint density at radius 2 is 2.24 bits per heavy atom. The second-order valence-corrected chi connectivity index (χ2v) is 4.62. The average molecular weight is 304 g/mol. The van der Waals surface area contributed by atoms with Crippen LogP contribution in [0.15, 0.2) is 36.9 Å². The lowest BCUT2D eigenvalue weighted by Gasteiger charge is -2.06. The van der Waals surface area contributed by atoms with Crippen molar-refractivity contribution in [2.75, 3.05) is 11.9 Å². The third kappa shape index (κ3) is 2.63. The highest BCUT2D eigenvalue weighted by atomic mass is 35.5. The summed E-state index contributed by atoms with van der Waals surface area (Å²) < 4.78 is 1.74. The Morgan fingerprint density at radius 1 is 1.38 bits per heavy atom. The van der Waals surface area contributed by atoms with Crippen molar-refractivity contribution < 1.29 is 9.90 Å². The van der Waals surface area contributed by atoms with Gasteiger partial charge in [-0.25, -0.2) is 9.97 Å². The molecule has 21 heavy (non-hydrogen) atoms. The SMILES string of the molecule is O=C(O)CNc1c(-c2ccc(Cl)nc2)nc2cnccn12. The van der Waals surface area contributed by atoms with Crippen molar-refractivity contribution in [2.45, 2.75) is 0 Å². The molecule has 0 radical (unpaired) electrons. The molecule has 0 aromatic carbocycles. The monoisotopic (exact) mass is 303 g/mol. The minimum atomic E-state index is -0.959. The maximum atomic E-state index is 10.8. The Hall–Kier alpha value is -2.67. The van der Waals surface area contributed by atoms with Crippen molar-refractivity contribution in [3.8, 4) is 11.3 Å². The third-order valence-corrected chi connectivity index (χ3v) is 3.06. The Morgan fingerprint density at radius 3 is 2.95 bits per heavy atom. The van der Waals surface area contributed by atoms with Crippen molar-refractivity contribution in [2.24, 2.45) is 0 Å². The van der Waals surface area contributed by atoms with E-state index >= 15 is 0 Å². The fraction of sp³-hybridized carbons (Fsp3) is 0.0769. The molecule has 0 amide bonds. The number of hydrogen-bond donors (Lipinski definition) is 2. The molecule has 8 heteroatoms. The Bertz CT molecular complexity index is 800. The van der Waals surface area contributed by atoms with E-state index in [-0.39, 0.29) is 6.54 Å². The summed E-state index contributed by atoms with van der Waals surface area (Å²) in [5, 5.41) is 12.1. The fourth-order valence-electron chi connectivity index (χ4n) is 1.95. The van der Waals surface area contributed by atoms with Crippen LogP contribution in [0.1, 0.15) is 0 Å². The highest BCUT2D eigenvalue weighted by molar-refractivity contribution is 6.29. The molecule has 0 saturated heterocycles. The maximum absolute atomic E-state index is 10.8. The van der Waals surface area contributed by atoms with Gasteiger partial charge in [-0.15, -0.1) is 0 Å². The molecule has 0 unspecified atom stereocenters. The summed E-state index contributed by atoms with van der Waals surface area (Å²) in [7, 11) is 0. The minimum Gasteiger partial charge on any atom is -0.480 e. The van der Waals surface area contributed by atoms with Gasteiger partial charge in [0.1, 0.15) is 23.2 Å². The van der Waals surface area contributed by atoms with Crippen LogP contribution in [0, 0.1) is 0 Å². The van der Waals surface area contributed by atoms with Crippen LogP contribution >= 0.6 is 11.6 Å². The molecule has 0 saturated carbocycles. The lowest BCUT2D eigenvalue weighted by atomic mass is 10.2. The molecule has 0 aliphatic rings. The van der Waals surface area contributed by atoms with Crippen molar-refractivity contribution in [3.05, 3.63) is 42.1 Å². The number of carboxylic acids is 1. The zero-order chi connectivity index (χ0) is 14.8. The van der Waals surface area contributed by atoms with Gasteiger partial charge in [-0.05, 0) is 12.1 Å². The second kappa shape index (κ2) is 5.37. The summed E-state index contributed by atoms with van der Waals surface area (Å²) in [6.07, 6.45) is 6.49. The third-order valence-electron chi connectivity index (χ3n) is 2.84. The number of carbonyl (C=O) groups is 1. The fourth-order valence-corrected chi connectivity index (χ4v) is 2.06. The Labute approximate surface area is 124 Å². The highest BCUT2D eigenvalue weighted by Crippen LogP contribution is 2.28. The number of hydrogen-bond acceptors (Lipinski definition) is 5. The minimum absolute atomic E-state index is 0.218. The number of aromatic nitrogens is 4. The van der Waals surface area contributed by atoms with Crippen LogP contribution < -0.4 is 5.32 Å². The molecule has 3 aromatic rings. The van der Waals surface area contributed by atoms with Crippen LogP contribution in [-0.2, 0) is 4.79 Å². The topological polar surface area (TPSA) is 92.4 Å². The van der Waals surface area contributed by atoms with E-state index in [9.17, 15) is 4.79 Å². The summed E-state index contributed by atoms with van der Waals surface area (Å²) in [6, 6.07) is 3.43. The molecule has 7 nitrogen and oxygen atoms in total. The van der Waals surface area contributed by atoms with Gasteiger partial charge in [-0.2, -0.15) is 0 Å². The molecule has 0 spiro atoms. The number of nitrogens with zero attached hydrogens (tertiary/aromatic N) is 4. The second-order valence-electron chi connectivity index (χ2n) is 4.23. The van der Waals surface area contributed by atoms with Crippen LogP contribution in [0.25, 0.3) is 16.9 Å². The normalized spacial score (nSPS) is 10.7. The van der Waals surface area contributed by atoms with E-state index in [0.29, 0.717) is 22.3 Å². The molecule has 3 aromatic heterocycles. The van der Waals surface area contributed by atoms with E-state index in [0.717, 1.165) is 5.56 Å². The molecule has 3 rings (SSSR count). The van der Waals surface area contributed by atoms with Crippen molar-refractivity contribution in [1.29, 1.82) is 0 Å². The molecule has 0 atom stereocenters. The van der Waals surface area contributed by atoms with Gasteiger partial charge in [0.2, 0.25) is 0 Å². The number of halogens is 1. The van der Waals surface area contributed by atoms with E-state index in [1.54, 1.807) is 41.3 Å². The van der Waals surface area contributed by atoms with E-state index in [1.165, 1.54) is 0 Å². The molecule has 3 heterocycles. The van der Waals surface area contributed by atoms with Gasteiger partial charge in [0.15, 0.2) is 5.65 Å². The van der Waals surface area contributed by atoms with Crippen LogP contribution in [0.4, 0.5) is 5.82 Å². The number of imidazole rings is 1. The first-order chi connectivity index (χ1) is 10.1. The molecule has 2 N–H and O–H groups in total. The number of pyridine rings is 1. The van der Waals surface area contributed by atoms with Gasteiger partial charge in [-0.3, -0.25) is 14.2 Å². The summed E-state index contributed by atoms with van der Waals surface area (Å²) in [6.45, 7) is -0.218. The van der Waals surface area contributed by atoms with Crippen molar-refractivity contribution in [3.63, 3.8) is 0 Å². The number of aliphatic carboxylic acids is 1. The zero-order valence-corrected chi connectivity index (χ0v) is 11.4. The first kappa shape index (κ1) is 13.3. The van der Waals surface area contributed by atoms with Gasteiger partial charge in [0, 0.05) is 24.2 Å². The van der Waals surface area contributed by atoms with Gasteiger partial charge >= 0.3 is 5.97 Å². The van der Waals surface area contributed by atoms with Crippen LogP contribution in [0.2, 0.25) is 5.15 Å². The van der Waals surface area contributed by atoms with E-state index in [4.69, 9.17) is 16.7 Å². The van der Waals surface area contributed by atoms with Crippen LogP contribution in [0.3, 0.4) is 0 Å². The van der Waals surface area contributed by atoms with Crippen molar-refractivity contribution in [1.82, 2.24) is 19.4 Å². The number of carboxylic acid groups (broad SMARTS) is 1. The lowest BCUT2D eigenvalue weighted by molar-refractivity contribution is -0.134. The summed E-state index contributed by atoms with van der Waals surface area (Å²) >= 11 is 5.78. The quantitative estimate of drug-likeness (QED) is 0.716. The Kier molecular flexibility index (Phi) is 3.41. The molecule has 0 aliphatic heterocycles. The van der Waals surface area contributed by atoms with Crippen molar-refractivity contribution >= 4 is 29.0 Å². The van der Waals surface area contributed by atoms with Crippen LogP contribution in [-0.4, -0.2) is 37.0 Å². The number of rotatable bonds is 4. The Balaban J connectivity index is 2.13. The zero-order valence-electron chi connectivity index (χ0n) is 10.7. The van der Waals surface area contributed by atoms with Gasteiger partial charge in [-0.1, -0.05) is 11.6 Å². The summed E-state index contributed by atoms with van der Waals surface area (Å²) in [5.41, 5.74) is 1.93. The molecule has 106 valence electrons. The first-order valence-corrected chi connectivity index (χ1v) is 6.42. The molecule has 0 aliphatic carbocycles. The van der Waals surface area contributed by atoms with E-state index in [1.807, 2.05) is 0 Å². The van der Waals surface area contributed by atoms with E-state index < -0.39 is 5.97 Å². The largest absolute Gasteiger partial charge is 0.480 e. The molecular formula is C13H10ClN5O2. The van der Waals surface area contributed by atoms with Gasteiger partial charge in [0.25, 0.3) is 0 Å². The standard InChI is InChI=1S/C13H10ClN5O2/c14-9-2-1-8(5-16-9)12-13(17-7-11(20)21)19-4-3-15-6-10(19)18-12/h1-6,17H,7H2,(H,20,21). The summed E-state index contributed by atoms with van der Waals surface area (Å²) in [5.74, 6) is -0.391. The summed E-state index contributed by atoms with van der Waals surface area (Å²) in [4.78, 5) is 23.3.